The van der Waals surface area contributed by atoms with E-state index in [-0.39, 0.29) is 17.8 Å². The molecule has 0 bridgehead atoms. The van der Waals surface area contributed by atoms with Gasteiger partial charge in [-0.15, -0.1) is 0 Å². The molecule has 1 aliphatic carbocycles. The Hall–Kier alpha value is -3.68. The van der Waals surface area contributed by atoms with E-state index in [1.165, 1.54) is 21.3 Å². The van der Waals surface area contributed by atoms with E-state index in [2.05, 4.69) is 6.58 Å². The fourth-order valence-corrected chi connectivity index (χ4v) is 3.08. The molecule has 2 aromatic rings. The second-order valence-corrected chi connectivity index (χ2v) is 7.22. The topological polar surface area (TPSA) is 83.5 Å². The van der Waals surface area contributed by atoms with Crippen molar-refractivity contribution in [1.29, 1.82) is 0 Å². The number of carbonyl (C=O) groups is 2. The van der Waals surface area contributed by atoms with Crippen LogP contribution in [0.1, 0.15) is 12.8 Å². The van der Waals surface area contributed by atoms with Crippen molar-refractivity contribution in [2.75, 3.05) is 39.9 Å². The summed E-state index contributed by atoms with van der Waals surface area (Å²) < 4.78 is 26.0. The molecule has 1 amide bonds. The number of hydrogen-bond donors (Lipinski definition) is 0. The maximum absolute atomic E-state index is 11.6. The van der Waals surface area contributed by atoms with Crippen molar-refractivity contribution in [3.63, 3.8) is 0 Å². The molecule has 1 aliphatic heterocycles. The number of anilines is 1. The summed E-state index contributed by atoms with van der Waals surface area (Å²) in [6, 6.07) is 10.7. The minimum absolute atomic E-state index is 0.0794. The summed E-state index contributed by atoms with van der Waals surface area (Å²) in [6.45, 7) is 4.18. The molecule has 2 aromatic carbocycles. The predicted octanol–water partition coefficient (Wildman–Crippen LogP) is 3.63. The Labute approximate surface area is 187 Å². The van der Waals surface area contributed by atoms with E-state index in [0.29, 0.717) is 46.6 Å². The summed E-state index contributed by atoms with van der Waals surface area (Å²) in [7, 11) is 6.18. The number of amides is 1. The van der Waals surface area contributed by atoms with Crippen molar-refractivity contribution in [1.82, 2.24) is 0 Å². The first-order valence-electron chi connectivity index (χ1n) is 10.1. The van der Waals surface area contributed by atoms with E-state index >= 15 is 0 Å². The summed E-state index contributed by atoms with van der Waals surface area (Å²) in [5.41, 5.74) is 1.31. The fourth-order valence-electron chi connectivity index (χ4n) is 3.08. The zero-order valence-electron chi connectivity index (χ0n) is 18.7. The molecule has 0 radical (unpaired) electrons. The molecule has 32 heavy (non-hydrogen) atoms. The molecule has 0 spiro atoms. The van der Waals surface area contributed by atoms with Crippen LogP contribution in [0.4, 0.5) is 5.69 Å². The zero-order valence-corrected chi connectivity index (χ0v) is 18.7. The van der Waals surface area contributed by atoms with Gasteiger partial charge in [0, 0.05) is 17.7 Å². The van der Waals surface area contributed by atoms with Crippen molar-refractivity contribution >= 4 is 17.6 Å². The largest absolute Gasteiger partial charge is 0.493 e. The molecule has 0 unspecified atom stereocenters. The van der Waals surface area contributed by atoms with E-state index in [1.54, 1.807) is 36.3 Å². The van der Waals surface area contributed by atoms with Gasteiger partial charge in [0.1, 0.15) is 0 Å². The first-order chi connectivity index (χ1) is 15.4. The number of hydrogen-bond acceptors (Lipinski definition) is 7. The first kappa shape index (κ1) is 23.0. The van der Waals surface area contributed by atoms with Gasteiger partial charge in [-0.05, 0) is 25.0 Å². The molecule has 4 rings (SSSR count). The average Bonchev–Trinajstić information content (AvgIpc) is 3.67. The van der Waals surface area contributed by atoms with Crippen LogP contribution < -0.4 is 28.6 Å². The molecule has 1 saturated heterocycles. The SMILES string of the molecule is C=C1CN(c2cc(OC)c(OC)c(OC)c2)C1=O.COc1ccccc1OC(=O)C1CC1. The molecular formula is C24H27NO7. The van der Waals surface area contributed by atoms with Crippen molar-refractivity contribution in [3.05, 3.63) is 48.6 Å². The van der Waals surface area contributed by atoms with Gasteiger partial charge in [0.25, 0.3) is 5.91 Å². The van der Waals surface area contributed by atoms with Crippen molar-refractivity contribution in [2.24, 2.45) is 5.92 Å². The van der Waals surface area contributed by atoms with Crippen LogP contribution >= 0.6 is 0 Å². The van der Waals surface area contributed by atoms with Crippen LogP contribution in [0.25, 0.3) is 0 Å². The summed E-state index contributed by atoms with van der Waals surface area (Å²) in [4.78, 5) is 24.6. The Morgan fingerprint density at radius 1 is 0.906 bits per heavy atom. The van der Waals surface area contributed by atoms with Gasteiger partial charge in [-0.1, -0.05) is 18.7 Å². The molecule has 0 atom stereocenters. The van der Waals surface area contributed by atoms with Crippen LogP contribution in [0.2, 0.25) is 0 Å². The van der Waals surface area contributed by atoms with Gasteiger partial charge in [0.2, 0.25) is 5.75 Å². The number of methoxy groups -OCH3 is 4. The standard InChI is InChI=1S/C13H15NO4.C11H12O3/c1-8-7-14(13(8)15)9-5-10(16-2)12(18-4)11(6-9)17-3;1-13-9-4-2-3-5-10(9)14-11(12)8-6-7-8/h5-6H,1,7H2,2-4H3;2-5,8H,6-7H2,1H3. The van der Waals surface area contributed by atoms with Crippen LogP contribution in [0, 0.1) is 5.92 Å². The van der Waals surface area contributed by atoms with Gasteiger partial charge in [0.15, 0.2) is 23.0 Å². The lowest BCUT2D eigenvalue weighted by molar-refractivity contribution is -0.135. The Balaban J connectivity index is 0.000000186. The van der Waals surface area contributed by atoms with Crippen LogP contribution in [0.3, 0.4) is 0 Å². The van der Waals surface area contributed by atoms with E-state index in [1.807, 2.05) is 12.1 Å². The Morgan fingerprint density at radius 3 is 1.91 bits per heavy atom. The average molecular weight is 441 g/mol. The van der Waals surface area contributed by atoms with Gasteiger partial charge in [-0.25, -0.2) is 0 Å². The summed E-state index contributed by atoms with van der Waals surface area (Å²) in [6.07, 6.45) is 1.90. The molecule has 0 N–H and O–H groups in total. The smallest absolute Gasteiger partial charge is 0.314 e. The molecule has 170 valence electrons. The van der Waals surface area contributed by atoms with Crippen molar-refractivity contribution in [3.8, 4) is 28.7 Å². The molecule has 8 nitrogen and oxygen atoms in total. The number of esters is 1. The third-order valence-electron chi connectivity index (χ3n) is 5.05. The highest BCUT2D eigenvalue weighted by atomic mass is 16.6. The van der Waals surface area contributed by atoms with Crippen LogP contribution in [-0.4, -0.2) is 46.9 Å². The second-order valence-electron chi connectivity index (χ2n) is 7.22. The molecule has 1 heterocycles. The minimum atomic E-state index is -0.144. The lowest BCUT2D eigenvalue weighted by atomic mass is 10.1. The van der Waals surface area contributed by atoms with Crippen LogP contribution in [-0.2, 0) is 9.59 Å². The Morgan fingerprint density at radius 2 is 1.47 bits per heavy atom. The number of benzene rings is 2. The van der Waals surface area contributed by atoms with Crippen LogP contribution in [0.15, 0.2) is 48.6 Å². The van der Waals surface area contributed by atoms with Gasteiger partial charge in [-0.2, -0.15) is 0 Å². The van der Waals surface area contributed by atoms with E-state index in [4.69, 9.17) is 23.7 Å². The highest BCUT2D eigenvalue weighted by Crippen LogP contribution is 2.42. The number of β-lactam (4-membered cyclic amide) rings is 1. The lowest BCUT2D eigenvalue weighted by Gasteiger charge is -2.33. The Bertz CT molecular complexity index is 988. The molecule has 8 heteroatoms. The predicted molar refractivity (Wildman–Crippen MR) is 119 cm³/mol. The van der Waals surface area contributed by atoms with Gasteiger partial charge < -0.3 is 28.6 Å². The highest BCUT2D eigenvalue weighted by molar-refractivity contribution is 6.13. The number of carbonyl (C=O) groups excluding carboxylic acids is 2. The number of para-hydroxylation sites is 2. The summed E-state index contributed by atoms with van der Waals surface area (Å²) >= 11 is 0. The third kappa shape index (κ3) is 4.96. The molecule has 2 aliphatic rings. The van der Waals surface area contributed by atoms with E-state index in [9.17, 15) is 9.59 Å². The quantitative estimate of drug-likeness (QED) is 0.281. The number of nitrogens with zero attached hydrogens (tertiary/aromatic N) is 1. The monoisotopic (exact) mass is 441 g/mol. The molecule has 2 fully saturated rings. The summed E-state index contributed by atoms with van der Waals surface area (Å²) in [5.74, 6) is 2.55. The first-order valence-corrected chi connectivity index (χ1v) is 10.1. The maximum atomic E-state index is 11.6. The van der Waals surface area contributed by atoms with Crippen LogP contribution in [0.5, 0.6) is 28.7 Å². The lowest BCUT2D eigenvalue weighted by Crippen LogP contribution is -2.45. The second kappa shape index (κ2) is 10.1. The fraction of sp³-hybridized carbons (Fsp3) is 0.333. The highest BCUT2D eigenvalue weighted by Gasteiger charge is 2.32. The van der Waals surface area contributed by atoms with E-state index in [0.717, 1.165) is 12.8 Å². The molecular weight excluding hydrogens is 414 g/mol. The van der Waals surface area contributed by atoms with Gasteiger partial charge in [-0.3, -0.25) is 9.59 Å². The van der Waals surface area contributed by atoms with E-state index < -0.39 is 0 Å². The van der Waals surface area contributed by atoms with Gasteiger partial charge >= 0.3 is 5.97 Å². The minimum Gasteiger partial charge on any atom is -0.493 e. The van der Waals surface area contributed by atoms with Gasteiger partial charge in [0.05, 0.1) is 46.6 Å². The molecule has 0 aromatic heterocycles. The Kier molecular flexibility index (Phi) is 7.25. The maximum Gasteiger partial charge on any atom is 0.314 e. The third-order valence-corrected chi connectivity index (χ3v) is 5.05. The summed E-state index contributed by atoms with van der Waals surface area (Å²) in [5, 5.41) is 0. The van der Waals surface area contributed by atoms with Crippen molar-refractivity contribution in [2.45, 2.75) is 12.8 Å². The van der Waals surface area contributed by atoms with Crippen molar-refractivity contribution < 1.29 is 33.3 Å². The molecule has 1 saturated carbocycles. The number of rotatable bonds is 7. The normalized spacial score (nSPS) is 14.6. The zero-order chi connectivity index (χ0) is 23.3. The number of ether oxygens (including phenoxy) is 5.